The molecule has 0 amide bonds. The molecule has 0 bridgehead atoms. The molecule has 278 valence electrons. The van der Waals surface area contributed by atoms with Gasteiger partial charge in [-0.2, -0.15) is 0 Å². The monoisotopic (exact) mass is 757 g/mol. The van der Waals surface area contributed by atoms with E-state index in [0.29, 0.717) is 17.5 Å². The zero-order valence-electron chi connectivity index (χ0n) is 32.4. The maximum absolute atomic E-state index is 6.60. The lowest BCUT2D eigenvalue weighted by Gasteiger charge is -2.24. The lowest BCUT2D eigenvalue weighted by Crippen LogP contribution is -2.16. The molecule has 3 heterocycles. The van der Waals surface area contributed by atoms with Crippen LogP contribution in [0.5, 0.6) is 0 Å². The number of hydrogen-bond donors (Lipinski definition) is 0. The Hall–Kier alpha value is -7.63. The topological polar surface area (TPSA) is 65.0 Å². The number of fused-ring (bicyclic) bond motifs is 9. The zero-order chi connectivity index (χ0) is 39.2. The van der Waals surface area contributed by atoms with Crippen molar-refractivity contribution in [2.45, 2.75) is 19.3 Å². The second-order valence-corrected chi connectivity index (χ2v) is 15.9. The average Bonchev–Trinajstić information content (AvgIpc) is 3.94. The number of para-hydroxylation sites is 1. The molecule has 5 nitrogen and oxygen atoms in total. The van der Waals surface area contributed by atoms with Crippen molar-refractivity contribution in [3.05, 3.63) is 187 Å². The summed E-state index contributed by atoms with van der Waals surface area (Å²) in [5.41, 5.74) is 15.6. The summed E-state index contributed by atoms with van der Waals surface area (Å²) in [5.74, 6) is 1.72. The summed E-state index contributed by atoms with van der Waals surface area (Å²) >= 11 is 0. The smallest absolute Gasteiger partial charge is 0.164 e. The van der Waals surface area contributed by atoms with E-state index in [0.717, 1.165) is 77.3 Å². The molecule has 0 unspecified atom stereocenters. The average molecular weight is 758 g/mol. The van der Waals surface area contributed by atoms with Crippen molar-refractivity contribution in [3.63, 3.8) is 0 Å². The second-order valence-electron chi connectivity index (χ2n) is 15.9. The van der Waals surface area contributed by atoms with Crippen LogP contribution in [0, 0.1) is 0 Å². The van der Waals surface area contributed by atoms with E-state index in [4.69, 9.17) is 23.8 Å². The highest BCUT2D eigenvalue weighted by Crippen LogP contribution is 2.52. The van der Waals surface area contributed by atoms with Crippen molar-refractivity contribution in [1.82, 2.24) is 15.0 Å². The van der Waals surface area contributed by atoms with Gasteiger partial charge in [0, 0.05) is 43.7 Å². The third-order valence-electron chi connectivity index (χ3n) is 12.1. The maximum Gasteiger partial charge on any atom is 0.164 e. The Kier molecular flexibility index (Phi) is 7.20. The standard InChI is InChI=1S/C54H35N3O2/c1-54(2)43-24-8-6-18-37(43)38-21-11-20-36(50(38)54)34-28-29-45-42(31-34)49-41(23-13-27-47(49)59-45)53-56-51(35-17-10-16-33(30-35)32-14-4-3-5-15-32)55-52(57-53)40-22-12-26-46-48(40)39-19-7-9-25-44(39)58-46/h3-31H,1-2H3. The molecule has 8 aromatic carbocycles. The lowest BCUT2D eigenvalue weighted by atomic mass is 9.79. The molecule has 0 fully saturated rings. The fraction of sp³-hybridized carbons (Fsp3) is 0.0556. The number of benzene rings is 8. The minimum Gasteiger partial charge on any atom is -0.456 e. The second kappa shape index (κ2) is 12.7. The van der Waals surface area contributed by atoms with E-state index in [9.17, 15) is 0 Å². The van der Waals surface area contributed by atoms with Crippen LogP contribution < -0.4 is 0 Å². The van der Waals surface area contributed by atoms with Gasteiger partial charge in [0.1, 0.15) is 22.3 Å². The van der Waals surface area contributed by atoms with Crippen molar-refractivity contribution >= 4 is 43.9 Å². The van der Waals surface area contributed by atoms with Gasteiger partial charge in [0.2, 0.25) is 0 Å². The summed E-state index contributed by atoms with van der Waals surface area (Å²) in [6, 6.07) is 61.2. The first-order chi connectivity index (χ1) is 29.0. The Balaban J connectivity index is 1.09. The largest absolute Gasteiger partial charge is 0.456 e. The molecule has 0 spiro atoms. The van der Waals surface area contributed by atoms with Gasteiger partial charge in [-0.1, -0.05) is 153 Å². The van der Waals surface area contributed by atoms with Gasteiger partial charge < -0.3 is 8.83 Å². The zero-order valence-corrected chi connectivity index (χ0v) is 32.4. The van der Waals surface area contributed by atoms with Crippen LogP contribution in [0.1, 0.15) is 25.0 Å². The molecule has 0 N–H and O–H groups in total. The molecule has 1 aliphatic carbocycles. The van der Waals surface area contributed by atoms with Crippen molar-refractivity contribution in [3.8, 4) is 67.5 Å². The Morgan fingerprint density at radius 2 is 0.898 bits per heavy atom. The number of nitrogens with zero attached hydrogens (tertiary/aromatic N) is 3. The molecular formula is C54H35N3O2. The van der Waals surface area contributed by atoms with Crippen LogP contribution in [0.25, 0.3) is 111 Å². The van der Waals surface area contributed by atoms with Gasteiger partial charge in [-0.05, 0) is 80.9 Å². The quantitative estimate of drug-likeness (QED) is 0.175. The highest BCUT2D eigenvalue weighted by Gasteiger charge is 2.37. The highest BCUT2D eigenvalue weighted by atomic mass is 16.3. The van der Waals surface area contributed by atoms with Gasteiger partial charge in [0.15, 0.2) is 17.5 Å². The molecule has 0 atom stereocenters. The van der Waals surface area contributed by atoms with Gasteiger partial charge in [0.05, 0.1) is 0 Å². The SMILES string of the molecule is CC1(C)c2ccccc2-c2cccc(-c3ccc4oc5cccc(-c6nc(-c7cccc(-c8ccccc8)c7)nc(-c7cccc8oc9ccccc9c78)n6)c5c4c3)c21. The number of furan rings is 2. The van der Waals surface area contributed by atoms with Gasteiger partial charge in [-0.15, -0.1) is 0 Å². The van der Waals surface area contributed by atoms with Crippen molar-refractivity contribution < 1.29 is 8.83 Å². The third kappa shape index (κ3) is 5.14. The summed E-state index contributed by atoms with van der Waals surface area (Å²) in [7, 11) is 0. The fourth-order valence-electron chi connectivity index (χ4n) is 9.44. The molecule has 0 aliphatic heterocycles. The van der Waals surface area contributed by atoms with E-state index >= 15 is 0 Å². The Bertz CT molecular complexity index is 3480. The number of rotatable bonds is 5. The molecule has 0 radical (unpaired) electrons. The Morgan fingerprint density at radius 1 is 0.356 bits per heavy atom. The van der Waals surface area contributed by atoms with Gasteiger partial charge in [-0.25, -0.2) is 15.0 Å². The van der Waals surface area contributed by atoms with Crippen LogP contribution in [0.2, 0.25) is 0 Å². The molecular weight excluding hydrogens is 723 g/mol. The summed E-state index contributed by atoms with van der Waals surface area (Å²) in [6.07, 6.45) is 0. The molecule has 0 saturated heterocycles. The Morgan fingerprint density at radius 3 is 1.69 bits per heavy atom. The first-order valence-electron chi connectivity index (χ1n) is 20.0. The Labute approximate surface area is 340 Å². The van der Waals surface area contributed by atoms with Gasteiger partial charge in [0.25, 0.3) is 0 Å². The summed E-state index contributed by atoms with van der Waals surface area (Å²) in [6.45, 7) is 4.67. The van der Waals surface area contributed by atoms with Crippen molar-refractivity contribution in [2.75, 3.05) is 0 Å². The summed E-state index contributed by atoms with van der Waals surface area (Å²) in [5, 5.41) is 3.97. The summed E-state index contributed by atoms with van der Waals surface area (Å²) in [4.78, 5) is 15.8. The minimum absolute atomic E-state index is 0.153. The van der Waals surface area contributed by atoms with Crippen LogP contribution in [-0.2, 0) is 5.41 Å². The van der Waals surface area contributed by atoms with Crippen LogP contribution in [-0.4, -0.2) is 15.0 Å². The number of aromatic nitrogens is 3. The van der Waals surface area contributed by atoms with E-state index in [1.807, 2.05) is 48.5 Å². The van der Waals surface area contributed by atoms with Crippen LogP contribution in [0.3, 0.4) is 0 Å². The van der Waals surface area contributed by atoms with Crippen LogP contribution >= 0.6 is 0 Å². The molecule has 3 aromatic heterocycles. The molecule has 5 heteroatoms. The normalized spacial score (nSPS) is 13.1. The third-order valence-corrected chi connectivity index (χ3v) is 12.1. The fourth-order valence-corrected chi connectivity index (χ4v) is 9.44. The van der Waals surface area contributed by atoms with Crippen molar-refractivity contribution in [2.24, 2.45) is 0 Å². The predicted octanol–water partition coefficient (Wildman–Crippen LogP) is 14.3. The lowest BCUT2D eigenvalue weighted by molar-refractivity contribution is 0.662. The van der Waals surface area contributed by atoms with Gasteiger partial charge >= 0.3 is 0 Å². The molecule has 11 aromatic rings. The number of hydrogen-bond acceptors (Lipinski definition) is 5. The van der Waals surface area contributed by atoms with E-state index in [1.165, 1.54) is 27.8 Å². The van der Waals surface area contributed by atoms with Crippen LogP contribution in [0.15, 0.2) is 185 Å². The maximum atomic E-state index is 6.60. The minimum atomic E-state index is -0.153. The molecule has 12 rings (SSSR count). The van der Waals surface area contributed by atoms with E-state index in [1.54, 1.807) is 0 Å². The van der Waals surface area contributed by atoms with E-state index in [2.05, 4.69) is 141 Å². The van der Waals surface area contributed by atoms with E-state index in [-0.39, 0.29) is 5.41 Å². The first-order valence-corrected chi connectivity index (χ1v) is 20.0. The molecule has 59 heavy (non-hydrogen) atoms. The molecule has 1 aliphatic rings. The first kappa shape index (κ1) is 33.5. The highest BCUT2D eigenvalue weighted by molar-refractivity contribution is 6.14. The molecule has 0 saturated carbocycles. The van der Waals surface area contributed by atoms with Crippen molar-refractivity contribution in [1.29, 1.82) is 0 Å². The predicted molar refractivity (Wildman–Crippen MR) is 239 cm³/mol. The summed E-state index contributed by atoms with van der Waals surface area (Å²) < 4.78 is 12.9. The van der Waals surface area contributed by atoms with E-state index < -0.39 is 0 Å². The van der Waals surface area contributed by atoms with Gasteiger partial charge in [-0.3, -0.25) is 0 Å². The van der Waals surface area contributed by atoms with Crippen LogP contribution in [0.4, 0.5) is 0 Å².